The summed E-state index contributed by atoms with van der Waals surface area (Å²) in [7, 11) is -3.68. The molecule has 0 radical (unpaired) electrons. The monoisotopic (exact) mass is 378 g/mol. The molecule has 0 spiro atoms. The van der Waals surface area contributed by atoms with E-state index in [4.69, 9.17) is 5.14 Å². The maximum Gasteiger partial charge on any atom is 0.238 e. The van der Waals surface area contributed by atoms with Gasteiger partial charge in [-0.3, -0.25) is 4.79 Å². The molecule has 140 valence electrons. The molecule has 0 heterocycles. The maximum atomic E-state index is 13.6. The van der Waals surface area contributed by atoms with E-state index in [0.29, 0.717) is 31.4 Å². The van der Waals surface area contributed by atoms with Gasteiger partial charge in [0.15, 0.2) is 0 Å². The van der Waals surface area contributed by atoms with Gasteiger partial charge in [-0.25, -0.2) is 17.9 Å². The number of sulfonamides is 1. The fraction of sp³-hybridized carbons (Fsp3) is 0.316. The number of aryl methyl sites for hydroxylation is 1. The predicted molar refractivity (Wildman–Crippen MR) is 98.4 cm³/mol. The van der Waals surface area contributed by atoms with Gasteiger partial charge in [-0.05, 0) is 48.6 Å². The molecule has 0 fully saturated rings. The van der Waals surface area contributed by atoms with E-state index in [-0.39, 0.29) is 22.5 Å². The van der Waals surface area contributed by atoms with Crippen LogP contribution in [-0.2, 0) is 27.7 Å². The number of halogens is 1. The van der Waals surface area contributed by atoms with E-state index in [2.05, 4.69) is 5.32 Å². The van der Waals surface area contributed by atoms with Crippen LogP contribution in [0.1, 0.15) is 24.5 Å². The Morgan fingerprint density at radius 3 is 2.42 bits per heavy atom. The summed E-state index contributed by atoms with van der Waals surface area (Å²) >= 11 is 0. The average Bonchev–Trinajstić information content (AvgIpc) is 2.60. The van der Waals surface area contributed by atoms with Crippen molar-refractivity contribution < 1.29 is 17.6 Å². The summed E-state index contributed by atoms with van der Waals surface area (Å²) < 4.78 is 36.0. The first kappa shape index (κ1) is 20.1. The van der Waals surface area contributed by atoms with E-state index in [1.54, 1.807) is 37.3 Å². The van der Waals surface area contributed by atoms with Crippen molar-refractivity contribution in [3.8, 4) is 0 Å². The molecular weight excluding hydrogens is 355 g/mol. The first-order chi connectivity index (χ1) is 12.3. The maximum absolute atomic E-state index is 13.6. The van der Waals surface area contributed by atoms with Gasteiger partial charge in [-0.15, -0.1) is 0 Å². The number of rotatable bonds is 8. The van der Waals surface area contributed by atoms with Crippen molar-refractivity contribution in [1.29, 1.82) is 0 Å². The van der Waals surface area contributed by atoms with Crippen LogP contribution in [0.5, 0.6) is 0 Å². The molecule has 2 aromatic carbocycles. The van der Waals surface area contributed by atoms with E-state index in [1.807, 2.05) is 0 Å². The zero-order valence-corrected chi connectivity index (χ0v) is 15.4. The summed E-state index contributed by atoms with van der Waals surface area (Å²) in [6.07, 6.45) is 1.77. The van der Waals surface area contributed by atoms with Crippen LogP contribution in [0.25, 0.3) is 0 Å². The number of primary sulfonamides is 1. The van der Waals surface area contributed by atoms with Gasteiger partial charge in [0.1, 0.15) is 5.82 Å². The van der Waals surface area contributed by atoms with Gasteiger partial charge < -0.3 is 5.32 Å². The normalized spacial score (nSPS) is 12.6. The molecule has 3 N–H and O–H groups in total. The number of carbonyl (C=O) groups is 1. The van der Waals surface area contributed by atoms with Crippen LogP contribution in [0.3, 0.4) is 0 Å². The highest BCUT2D eigenvalue weighted by Crippen LogP contribution is 2.13. The molecule has 5 nitrogen and oxygen atoms in total. The number of benzene rings is 2. The Balaban J connectivity index is 1.75. The highest BCUT2D eigenvalue weighted by atomic mass is 32.2. The second kappa shape index (κ2) is 8.91. The third-order valence-electron chi connectivity index (χ3n) is 4.12. The number of carbonyl (C=O) groups excluding carboxylic acids is 1. The summed E-state index contributed by atoms with van der Waals surface area (Å²) in [5, 5.41) is 7.91. The first-order valence-electron chi connectivity index (χ1n) is 8.40. The van der Waals surface area contributed by atoms with Crippen molar-refractivity contribution in [2.75, 3.05) is 6.54 Å². The summed E-state index contributed by atoms with van der Waals surface area (Å²) in [4.78, 5) is 12.2. The van der Waals surface area contributed by atoms with Crippen molar-refractivity contribution in [1.82, 2.24) is 5.32 Å². The standard InChI is InChI=1S/C19H23FN2O3S/c1-14(13-16-6-2-3-7-18(16)20)19(23)22-12-4-5-15-8-10-17(11-9-15)26(21,24)25/h2-3,6-11,14H,4-5,12-13H2,1H3,(H,22,23)(H2,21,24,25). The molecule has 0 aromatic heterocycles. The lowest BCUT2D eigenvalue weighted by Crippen LogP contribution is -2.31. The van der Waals surface area contributed by atoms with Crippen LogP contribution in [0, 0.1) is 11.7 Å². The summed E-state index contributed by atoms with van der Waals surface area (Å²) in [5.74, 6) is -0.728. The molecule has 0 aliphatic carbocycles. The molecule has 0 saturated heterocycles. The minimum absolute atomic E-state index is 0.0801. The smallest absolute Gasteiger partial charge is 0.238 e. The Labute approximate surface area is 153 Å². The van der Waals surface area contributed by atoms with Gasteiger partial charge in [0.25, 0.3) is 0 Å². The second-order valence-corrected chi connectivity index (χ2v) is 7.84. The Kier molecular flexibility index (Phi) is 6.88. The zero-order chi connectivity index (χ0) is 19.2. The van der Waals surface area contributed by atoms with Crippen molar-refractivity contribution in [3.63, 3.8) is 0 Å². The van der Waals surface area contributed by atoms with Crippen LogP contribution in [0.4, 0.5) is 4.39 Å². The third kappa shape index (κ3) is 5.93. The number of hydrogen-bond acceptors (Lipinski definition) is 3. The molecule has 2 aromatic rings. The Bertz CT molecular complexity index is 851. The Morgan fingerprint density at radius 1 is 1.15 bits per heavy atom. The molecule has 1 amide bonds. The van der Waals surface area contributed by atoms with Gasteiger partial charge in [-0.1, -0.05) is 37.3 Å². The van der Waals surface area contributed by atoms with Gasteiger partial charge in [0.05, 0.1) is 4.90 Å². The van der Waals surface area contributed by atoms with E-state index >= 15 is 0 Å². The fourth-order valence-corrected chi connectivity index (χ4v) is 3.13. The number of hydrogen-bond donors (Lipinski definition) is 2. The van der Waals surface area contributed by atoms with E-state index in [0.717, 1.165) is 5.56 Å². The van der Waals surface area contributed by atoms with Crippen LogP contribution in [0.15, 0.2) is 53.4 Å². The van der Waals surface area contributed by atoms with Crippen LogP contribution < -0.4 is 10.5 Å². The SMILES string of the molecule is CC(Cc1ccccc1F)C(=O)NCCCc1ccc(S(N)(=O)=O)cc1. The lowest BCUT2D eigenvalue weighted by molar-refractivity contribution is -0.124. The third-order valence-corrected chi connectivity index (χ3v) is 5.05. The van der Waals surface area contributed by atoms with Gasteiger partial charge in [-0.2, -0.15) is 0 Å². The molecule has 0 bridgehead atoms. The van der Waals surface area contributed by atoms with Crippen LogP contribution >= 0.6 is 0 Å². The number of amides is 1. The highest BCUT2D eigenvalue weighted by Gasteiger charge is 2.15. The van der Waals surface area contributed by atoms with E-state index in [9.17, 15) is 17.6 Å². The number of nitrogens with two attached hydrogens (primary N) is 1. The van der Waals surface area contributed by atoms with E-state index in [1.165, 1.54) is 18.2 Å². The lowest BCUT2D eigenvalue weighted by atomic mass is 10.00. The topological polar surface area (TPSA) is 89.3 Å². The second-order valence-electron chi connectivity index (χ2n) is 6.28. The molecule has 0 saturated carbocycles. The quantitative estimate of drug-likeness (QED) is 0.691. The molecule has 1 atom stereocenters. The molecule has 26 heavy (non-hydrogen) atoms. The average molecular weight is 378 g/mol. The van der Waals surface area contributed by atoms with Crippen molar-refractivity contribution in [3.05, 3.63) is 65.5 Å². The van der Waals surface area contributed by atoms with Crippen molar-refractivity contribution >= 4 is 15.9 Å². The molecular formula is C19H23FN2O3S. The van der Waals surface area contributed by atoms with Gasteiger partial charge in [0.2, 0.25) is 15.9 Å². The highest BCUT2D eigenvalue weighted by molar-refractivity contribution is 7.89. The Hall–Kier alpha value is -2.25. The lowest BCUT2D eigenvalue weighted by Gasteiger charge is -2.13. The van der Waals surface area contributed by atoms with Crippen molar-refractivity contribution in [2.45, 2.75) is 31.1 Å². The largest absolute Gasteiger partial charge is 0.356 e. The zero-order valence-electron chi connectivity index (χ0n) is 14.6. The van der Waals surface area contributed by atoms with Gasteiger partial charge >= 0.3 is 0 Å². The van der Waals surface area contributed by atoms with Crippen molar-refractivity contribution in [2.24, 2.45) is 11.1 Å². The fourth-order valence-electron chi connectivity index (χ4n) is 2.61. The molecule has 1 unspecified atom stereocenters. The predicted octanol–water partition coefficient (Wildman–Crippen LogP) is 2.40. The van der Waals surface area contributed by atoms with Crippen LogP contribution in [-0.4, -0.2) is 20.9 Å². The Morgan fingerprint density at radius 2 is 1.81 bits per heavy atom. The minimum atomic E-state index is -3.68. The molecule has 2 rings (SSSR count). The minimum Gasteiger partial charge on any atom is -0.356 e. The summed E-state index contributed by atoms with van der Waals surface area (Å²) in [6.45, 7) is 2.27. The first-order valence-corrected chi connectivity index (χ1v) is 9.95. The summed E-state index contributed by atoms with van der Waals surface area (Å²) in [5.41, 5.74) is 1.50. The van der Waals surface area contributed by atoms with Crippen LogP contribution in [0.2, 0.25) is 0 Å². The van der Waals surface area contributed by atoms with E-state index < -0.39 is 10.0 Å². The van der Waals surface area contributed by atoms with Gasteiger partial charge in [0, 0.05) is 12.5 Å². The molecule has 7 heteroatoms. The summed E-state index contributed by atoms with van der Waals surface area (Å²) in [6, 6.07) is 12.8. The molecule has 0 aliphatic rings. The molecule has 0 aliphatic heterocycles. The number of nitrogens with one attached hydrogen (secondary N) is 1.